The lowest BCUT2D eigenvalue weighted by molar-refractivity contribution is 0.640. The first-order valence-electron chi connectivity index (χ1n) is 4.67. The van der Waals surface area contributed by atoms with E-state index in [4.69, 9.17) is 23.2 Å². The zero-order valence-electron chi connectivity index (χ0n) is 8.48. The molecule has 0 aliphatic rings. The predicted molar refractivity (Wildman–Crippen MR) is 60.0 cm³/mol. The molecule has 14 heavy (non-hydrogen) atoms. The van der Waals surface area contributed by atoms with Crippen LogP contribution in [0, 0.1) is 0 Å². The molecule has 0 fully saturated rings. The molecule has 0 aliphatic carbocycles. The lowest BCUT2D eigenvalue weighted by atomic mass is 10.3. The Bertz CT molecular complexity index is 296. The summed E-state index contributed by atoms with van der Waals surface area (Å²) in [5, 5.41) is 8.29. The molecule has 0 bridgehead atoms. The third kappa shape index (κ3) is 2.62. The molecule has 0 amide bonds. The Morgan fingerprint density at radius 1 is 1.50 bits per heavy atom. The van der Waals surface area contributed by atoms with Gasteiger partial charge in [-0.25, -0.2) is 0 Å². The van der Waals surface area contributed by atoms with E-state index in [2.05, 4.69) is 10.4 Å². The van der Waals surface area contributed by atoms with Crippen LogP contribution in [0.4, 0.5) is 0 Å². The maximum absolute atomic E-state index is 6.15. The van der Waals surface area contributed by atoms with E-state index in [-0.39, 0.29) is 0 Å². The Hall–Kier alpha value is -0.250. The fourth-order valence-electron chi connectivity index (χ4n) is 1.29. The van der Waals surface area contributed by atoms with Crippen molar-refractivity contribution >= 4 is 23.2 Å². The predicted octanol–water partition coefficient (Wildman–Crippen LogP) is 1.96. The number of halogens is 2. The zero-order chi connectivity index (χ0) is 10.6. The highest BCUT2D eigenvalue weighted by molar-refractivity contribution is 6.31. The topological polar surface area (TPSA) is 29.9 Å². The first kappa shape index (κ1) is 11.8. The van der Waals surface area contributed by atoms with Crippen LogP contribution < -0.4 is 5.32 Å². The molecule has 0 saturated carbocycles. The number of hydrogen-bond donors (Lipinski definition) is 1. The second-order valence-corrected chi connectivity index (χ2v) is 3.81. The monoisotopic (exact) mass is 235 g/mol. The molecule has 3 nitrogen and oxygen atoms in total. The standard InChI is InChI=1S/C9H15Cl2N3/c1-3-7-9(11)8(14(2)13-7)6-12-5-4-10/h12H,3-6H2,1-2H3. The Labute approximate surface area is 94.4 Å². The van der Waals surface area contributed by atoms with E-state index >= 15 is 0 Å². The molecule has 0 aliphatic heterocycles. The molecule has 1 N–H and O–H groups in total. The van der Waals surface area contributed by atoms with Gasteiger partial charge in [-0.2, -0.15) is 5.10 Å². The molecule has 1 aromatic heterocycles. The molecule has 0 saturated heterocycles. The third-order valence-electron chi connectivity index (χ3n) is 2.07. The zero-order valence-corrected chi connectivity index (χ0v) is 9.99. The number of aryl methyl sites for hydroxylation is 2. The van der Waals surface area contributed by atoms with Gasteiger partial charge in [-0.3, -0.25) is 4.68 Å². The third-order valence-corrected chi connectivity index (χ3v) is 2.69. The van der Waals surface area contributed by atoms with Gasteiger partial charge in [0.2, 0.25) is 0 Å². The molecule has 0 atom stereocenters. The normalized spacial score (nSPS) is 10.9. The van der Waals surface area contributed by atoms with Crippen molar-refractivity contribution in [1.82, 2.24) is 15.1 Å². The highest BCUT2D eigenvalue weighted by Gasteiger charge is 2.11. The van der Waals surface area contributed by atoms with Crippen LogP contribution in [0.1, 0.15) is 18.3 Å². The van der Waals surface area contributed by atoms with Crippen LogP contribution >= 0.6 is 23.2 Å². The van der Waals surface area contributed by atoms with Crippen molar-refractivity contribution in [2.24, 2.45) is 7.05 Å². The summed E-state index contributed by atoms with van der Waals surface area (Å²) in [6.07, 6.45) is 0.863. The van der Waals surface area contributed by atoms with E-state index in [1.165, 1.54) is 0 Å². The number of aromatic nitrogens is 2. The molecule has 0 aromatic carbocycles. The van der Waals surface area contributed by atoms with E-state index in [0.29, 0.717) is 5.88 Å². The van der Waals surface area contributed by atoms with Gasteiger partial charge in [-0.05, 0) is 6.42 Å². The van der Waals surface area contributed by atoms with Gasteiger partial charge in [0.15, 0.2) is 0 Å². The summed E-state index contributed by atoms with van der Waals surface area (Å²) in [5.74, 6) is 0.607. The molecule has 0 spiro atoms. The van der Waals surface area contributed by atoms with Gasteiger partial charge in [0.25, 0.3) is 0 Å². The van der Waals surface area contributed by atoms with E-state index in [0.717, 1.165) is 35.9 Å². The van der Waals surface area contributed by atoms with Crippen LogP contribution in [0.3, 0.4) is 0 Å². The summed E-state index contributed by atoms with van der Waals surface area (Å²) in [5.41, 5.74) is 1.98. The van der Waals surface area contributed by atoms with Crippen LogP contribution in [0.2, 0.25) is 5.02 Å². The second kappa shape index (κ2) is 5.59. The summed E-state index contributed by atoms with van der Waals surface area (Å²) in [6, 6.07) is 0. The van der Waals surface area contributed by atoms with Gasteiger partial charge >= 0.3 is 0 Å². The van der Waals surface area contributed by atoms with E-state index in [1.54, 1.807) is 0 Å². The summed E-state index contributed by atoms with van der Waals surface area (Å²) in [7, 11) is 1.91. The van der Waals surface area contributed by atoms with Gasteiger partial charge in [0.1, 0.15) is 0 Å². The van der Waals surface area contributed by atoms with Crippen molar-refractivity contribution in [2.75, 3.05) is 12.4 Å². The van der Waals surface area contributed by atoms with E-state index in [9.17, 15) is 0 Å². The second-order valence-electron chi connectivity index (χ2n) is 3.05. The van der Waals surface area contributed by atoms with Crippen molar-refractivity contribution in [2.45, 2.75) is 19.9 Å². The molecule has 5 heteroatoms. The Morgan fingerprint density at radius 3 is 2.71 bits per heavy atom. The van der Waals surface area contributed by atoms with Gasteiger partial charge in [0, 0.05) is 26.0 Å². The lowest BCUT2D eigenvalue weighted by Crippen LogP contribution is -2.18. The maximum Gasteiger partial charge on any atom is 0.0863 e. The quantitative estimate of drug-likeness (QED) is 0.625. The summed E-state index contributed by atoms with van der Waals surface area (Å²) in [6.45, 7) is 3.55. The van der Waals surface area contributed by atoms with Gasteiger partial charge in [0.05, 0.1) is 16.4 Å². The summed E-state index contributed by atoms with van der Waals surface area (Å²) in [4.78, 5) is 0. The molecule has 80 valence electrons. The lowest BCUT2D eigenvalue weighted by Gasteiger charge is -2.03. The van der Waals surface area contributed by atoms with Crippen molar-refractivity contribution in [3.63, 3.8) is 0 Å². The van der Waals surface area contributed by atoms with Gasteiger partial charge < -0.3 is 5.32 Å². The highest BCUT2D eigenvalue weighted by Crippen LogP contribution is 2.20. The van der Waals surface area contributed by atoms with Gasteiger partial charge in [-0.1, -0.05) is 18.5 Å². The largest absolute Gasteiger partial charge is 0.310 e. The number of hydrogen-bond acceptors (Lipinski definition) is 2. The first-order valence-corrected chi connectivity index (χ1v) is 5.58. The first-order chi connectivity index (χ1) is 6.70. The van der Waals surface area contributed by atoms with Crippen LogP contribution in [-0.4, -0.2) is 22.2 Å². The molecular formula is C9H15Cl2N3. The van der Waals surface area contributed by atoms with Crippen LogP contribution in [0.15, 0.2) is 0 Å². The fourth-order valence-corrected chi connectivity index (χ4v) is 1.78. The van der Waals surface area contributed by atoms with Crippen LogP contribution in [-0.2, 0) is 20.0 Å². The summed E-state index contributed by atoms with van der Waals surface area (Å²) < 4.78 is 1.82. The van der Waals surface area contributed by atoms with E-state index < -0.39 is 0 Å². The average Bonchev–Trinajstić information content (AvgIpc) is 2.45. The smallest absolute Gasteiger partial charge is 0.0863 e. The Balaban J connectivity index is 2.70. The highest BCUT2D eigenvalue weighted by atomic mass is 35.5. The maximum atomic E-state index is 6.15. The number of alkyl halides is 1. The Morgan fingerprint density at radius 2 is 2.21 bits per heavy atom. The minimum Gasteiger partial charge on any atom is -0.310 e. The summed E-state index contributed by atoms with van der Waals surface area (Å²) >= 11 is 11.7. The van der Waals surface area contributed by atoms with Crippen LogP contribution in [0.25, 0.3) is 0 Å². The fraction of sp³-hybridized carbons (Fsp3) is 0.667. The van der Waals surface area contributed by atoms with Gasteiger partial charge in [-0.15, -0.1) is 11.6 Å². The van der Waals surface area contributed by atoms with Crippen molar-refractivity contribution in [3.05, 3.63) is 16.4 Å². The van der Waals surface area contributed by atoms with Crippen molar-refractivity contribution in [1.29, 1.82) is 0 Å². The number of nitrogens with zero attached hydrogens (tertiary/aromatic N) is 2. The average molecular weight is 236 g/mol. The molecule has 1 heterocycles. The van der Waals surface area contributed by atoms with Crippen molar-refractivity contribution < 1.29 is 0 Å². The minimum absolute atomic E-state index is 0.607. The molecule has 0 unspecified atom stereocenters. The molecule has 1 rings (SSSR count). The minimum atomic E-state index is 0.607. The Kier molecular flexibility index (Phi) is 4.72. The molecular weight excluding hydrogens is 221 g/mol. The van der Waals surface area contributed by atoms with Crippen molar-refractivity contribution in [3.8, 4) is 0 Å². The number of rotatable bonds is 5. The van der Waals surface area contributed by atoms with E-state index in [1.807, 2.05) is 18.7 Å². The molecule has 1 aromatic rings. The SMILES string of the molecule is CCc1nn(C)c(CNCCCl)c1Cl. The van der Waals surface area contributed by atoms with Crippen LogP contribution in [0.5, 0.6) is 0 Å². The number of nitrogens with one attached hydrogen (secondary N) is 1. The molecule has 0 radical (unpaired) electrons.